The highest BCUT2D eigenvalue weighted by Crippen LogP contribution is 2.38. The van der Waals surface area contributed by atoms with E-state index in [4.69, 9.17) is 13.9 Å². The molecule has 0 radical (unpaired) electrons. The topological polar surface area (TPSA) is 48.7 Å². The minimum absolute atomic E-state index is 0.380. The number of ether oxygens (including phenoxy) is 2. The van der Waals surface area contributed by atoms with Crippen LogP contribution < -0.4 is 15.1 Å². The molecule has 5 rings (SSSR count). The van der Waals surface area contributed by atoms with Crippen LogP contribution in [0.5, 0.6) is 11.5 Å². The van der Waals surface area contributed by atoms with E-state index in [1.807, 2.05) is 97.1 Å². The van der Waals surface area contributed by atoms with E-state index in [1.54, 1.807) is 6.07 Å². The van der Waals surface area contributed by atoms with Crippen LogP contribution in [0.1, 0.15) is 11.1 Å². The molecule has 4 heteroatoms. The number of hydrogen-bond donors (Lipinski definition) is 0. The van der Waals surface area contributed by atoms with Crippen molar-refractivity contribution in [2.24, 2.45) is 0 Å². The normalized spacial score (nSPS) is 10.8. The van der Waals surface area contributed by atoms with Crippen molar-refractivity contribution in [2.45, 2.75) is 13.2 Å². The zero-order valence-electron chi connectivity index (χ0n) is 17.9. The molecule has 4 aromatic carbocycles. The van der Waals surface area contributed by atoms with Gasteiger partial charge in [0.1, 0.15) is 30.3 Å². The Morgan fingerprint density at radius 1 is 0.636 bits per heavy atom. The van der Waals surface area contributed by atoms with Gasteiger partial charge in [0.05, 0.1) is 5.39 Å². The second kappa shape index (κ2) is 9.45. The van der Waals surface area contributed by atoms with Crippen molar-refractivity contribution in [3.63, 3.8) is 0 Å². The molecule has 162 valence electrons. The molecule has 0 saturated heterocycles. The predicted molar refractivity (Wildman–Crippen MR) is 129 cm³/mol. The molecule has 0 aliphatic heterocycles. The van der Waals surface area contributed by atoms with Gasteiger partial charge in [-0.15, -0.1) is 0 Å². The SMILES string of the molecule is O=c1cc(-c2ccccc2)c2c(OCc3ccccc3)cc(OCc3ccccc3)cc2o1. The van der Waals surface area contributed by atoms with Crippen LogP contribution in [-0.2, 0) is 13.2 Å². The highest BCUT2D eigenvalue weighted by atomic mass is 16.5. The van der Waals surface area contributed by atoms with Gasteiger partial charge in [0.15, 0.2) is 0 Å². The predicted octanol–water partition coefficient (Wildman–Crippen LogP) is 6.62. The Kier molecular flexibility index (Phi) is 5.89. The second-order valence-corrected chi connectivity index (χ2v) is 7.69. The van der Waals surface area contributed by atoms with Crippen molar-refractivity contribution in [2.75, 3.05) is 0 Å². The summed E-state index contributed by atoms with van der Waals surface area (Å²) in [6.07, 6.45) is 0. The van der Waals surface area contributed by atoms with Gasteiger partial charge in [-0.1, -0.05) is 91.0 Å². The fraction of sp³-hybridized carbons (Fsp3) is 0.0690. The summed E-state index contributed by atoms with van der Waals surface area (Å²) in [5.41, 5.74) is 3.77. The molecular formula is C29H22O4. The van der Waals surface area contributed by atoms with Crippen LogP contribution in [-0.4, -0.2) is 0 Å². The van der Waals surface area contributed by atoms with Crippen molar-refractivity contribution in [1.82, 2.24) is 0 Å². The molecule has 0 N–H and O–H groups in total. The molecule has 0 aliphatic rings. The largest absolute Gasteiger partial charge is 0.489 e. The molecule has 5 aromatic rings. The molecule has 0 atom stereocenters. The molecule has 4 nitrogen and oxygen atoms in total. The summed E-state index contributed by atoms with van der Waals surface area (Å²) >= 11 is 0. The Morgan fingerprint density at radius 2 is 1.21 bits per heavy atom. The zero-order chi connectivity index (χ0) is 22.5. The maximum atomic E-state index is 12.4. The Hall–Kier alpha value is -4.31. The van der Waals surface area contributed by atoms with Gasteiger partial charge in [-0.2, -0.15) is 0 Å². The van der Waals surface area contributed by atoms with Gasteiger partial charge in [-0.05, 0) is 16.7 Å². The molecule has 1 heterocycles. The molecule has 33 heavy (non-hydrogen) atoms. The molecule has 0 bridgehead atoms. The van der Waals surface area contributed by atoms with E-state index in [2.05, 4.69) is 0 Å². The molecule has 0 spiro atoms. The van der Waals surface area contributed by atoms with Gasteiger partial charge in [0.25, 0.3) is 0 Å². The molecule has 0 aliphatic carbocycles. The maximum absolute atomic E-state index is 12.4. The van der Waals surface area contributed by atoms with Gasteiger partial charge >= 0.3 is 5.63 Å². The third-order valence-corrected chi connectivity index (χ3v) is 5.35. The van der Waals surface area contributed by atoms with Crippen LogP contribution in [0.3, 0.4) is 0 Å². The van der Waals surface area contributed by atoms with Gasteiger partial charge in [0, 0.05) is 23.8 Å². The fourth-order valence-electron chi connectivity index (χ4n) is 3.76. The van der Waals surface area contributed by atoms with Crippen molar-refractivity contribution in [3.05, 3.63) is 131 Å². The quantitative estimate of drug-likeness (QED) is 0.270. The van der Waals surface area contributed by atoms with Crippen LogP contribution in [0, 0.1) is 0 Å². The van der Waals surface area contributed by atoms with Crippen molar-refractivity contribution < 1.29 is 13.9 Å². The lowest BCUT2D eigenvalue weighted by Gasteiger charge is -2.15. The number of rotatable bonds is 7. The standard InChI is InChI=1S/C29H22O4/c30-28-18-25(23-14-8-3-9-15-23)29-26(32-20-22-12-6-2-7-13-22)16-24(17-27(29)33-28)31-19-21-10-4-1-5-11-21/h1-18H,19-20H2. The summed E-state index contributed by atoms with van der Waals surface area (Å²) in [5.74, 6) is 1.17. The van der Waals surface area contributed by atoms with E-state index in [0.717, 1.165) is 27.6 Å². The lowest BCUT2D eigenvalue weighted by atomic mass is 10.0. The minimum Gasteiger partial charge on any atom is -0.489 e. The van der Waals surface area contributed by atoms with Gasteiger partial charge in [-0.25, -0.2) is 4.79 Å². The first-order valence-corrected chi connectivity index (χ1v) is 10.8. The summed E-state index contributed by atoms with van der Waals surface area (Å²) in [7, 11) is 0. The number of benzene rings is 4. The first-order valence-electron chi connectivity index (χ1n) is 10.8. The molecule has 1 aromatic heterocycles. The van der Waals surface area contributed by atoms with Crippen molar-refractivity contribution in [3.8, 4) is 22.6 Å². The lowest BCUT2D eigenvalue weighted by Crippen LogP contribution is -2.03. The van der Waals surface area contributed by atoms with Gasteiger partial charge < -0.3 is 13.9 Å². The Balaban J connectivity index is 1.59. The Bertz CT molecular complexity index is 1410. The molecule has 0 saturated carbocycles. The number of hydrogen-bond acceptors (Lipinski definition) is 4. The first-order chi connectivity index (χ1) is 16.3. The molecule has 0 fully saturated rings. The zero-order valence-corrected chi connectivity index (χ0v) is 17.9. The Labute approximate surface area is 191 Å². The van der Waals surface area contributed by atoms with E-state index in [1.165, 1.54) is 6.07 Å². The molecule has 0 amide bonds. The van der Waals surface area contributed by atoms with E-state index in [9.17, 15) is 4.79 Å². The van der Waals surface area contributed by atoms with Crippen molar-refractivity contribution in [1.29, 1.82) is 0 Å². The van der Waals surface area contributed by atoms with E-state index < -0.39 is 5.63 Å². The average Bonchev–Trinajstić information content (AvgIpc) is 2.87. The molecule has 0 unspecified atom stereocenters. The second-order valence-electron chi connectivity index (χ2n) is 7.69. The van der Waals surface area contributed by atoms with E-state index in [0.29, 0.717) is 30.3 Å². The fourth-order valence-corrected chi connectivity index (χ4v) is 3.76. The summed E-state index contributed by atoms with van der Waals surface area (Å²) in [6, 6.07) is 34.7. The maximum Gasteiger partial charge on any atom is 0.336 e. The summed E-state index contributed by atoms with van der Waals surface area (Å²) < 4.78 is 17.9. The van der Waals surface area contributed by atoms with Crippen molar-refractivity contribution >= 4 is 11.0 Å². The number of fused-ring (bicyclic) bond motifs is 1. The van der Waals surface area contributed by atoms with Crippen LogP contribution in [0.15, 0.2) is 118 Å². The summed E-state index contributed by atoms with van der Waals surface area (Å²) in [5, 5.41) is 0.740. The highest BCUT2D eigenvalue weighted by Gasteiger charge is 2.16. The van der Waals surface area contributed by atoms with Gasteiger partial charge in [-0.3, -0.25) is 0 Å². The monoisotopic (exact) mass is 434 g/mol. The minimum atomic E-state index is -0.421. The summed E-state index contributed by atoms with van der Waals surface area (Å²) in [6.45, 7) is 0.776. The third-order valence-electron chi connectivity index (χ3n) is 5.35. The van der Waals surface area contributed by atoms with E-state index in [-0.39, 0.29) is 0 Å². The average molecular weight is 434 g/mol. The highest BCUT2D eigenvalue weighted by molar-refractivity contribution is 5.98. The Morgan fingerprint density at radius 3 is 1.85 bits per heavy atom. The lowest BCUT2D eigenvalue weighted by molar-refractivity contribution is 0.292. The van der Waals surface area contributed by atoms with Crippen LogP contribution >= 0.6 is 0 Å². The van der Waals surface area contributed by atoms with Crippen LogP contribution in [0.2, 0.25) is 0 Å². The van der Waals surface area contributed by atoms with Crippen LogP contribution in [0.25, 0.3) is 22.1 Å². The molecular weight excluding hydrogens is 412 g/mol. The van der Waals surface area contributed by atoms with Gasteiger partial charge in [0.2, 0.25) is 0 Å². The van der Waals surface area contributed by atoms with Crippen LogP contribution in [0.4, 0.5) is 0 Å². The summed E-state index contributed by atoms with van der Waals surface area (Å²) in [4.78, 5) is 12.4. The first kappa shape index (κ1) is 20.6. The van der Waals surface area contributed by atoms with E-state index >= 15 is 0 Å². The smallest absolute Gasteiger partial charge is 0.336 e. The third kappa shape index (κ3) is 4.80.